The molecule has 4 nitrogen and oxygen atoms in total. The molecule has 2 unspecified atom stereocenters. The molecule has 5 heteroatoms. The maximum absolute atomic E-state index is 10.7. The van der Waals surface area contributed by atoms with Gasteiger partial charge < -0.3 is 15.5 Å². The molecule has 0 saturated carbocycles. The topological polar surface area (TPSA) is 69.6 Å². The lowest BCUT2D eigenvalue weighted by Gasteiger charge is -2.18. The Hall–Kier alpha value is -1.04. The summed E-state index contributed by atoms with van der Waals surface area (Å²) >= 11 is 1.58. The van der Waals surface area contributed by atoms with Crippen LogP contribution < -0.4 is 5.32 Å². The van der Waals surface area contributed by atoms with Gasteiger partial charge in [-0.3, -0.25) is 4.79 Å². The first-order valence-electron chi connectivity index (χ1n) is 5.79. The normalized spacial score (nSPS) is 14.0. The molecule has 1 aromatic rings. The van der Waals surface area contributed by atoms with Gasteiger partial charge in [0, 0.05) is 18.4 Å². The van der Waals surface area contributed by atoms with Crippen molar-refractivity contribution >= 4 is 17.7 Å². The summed E-state index contributed by atoms with van der Waals surface area (Å²) in [5.74, 6) is -0.138. The average Bonchev–Trinajstić information content (AvgIpc) is 2.37. The Bertz CT molecular complexity index is 398. The van der Waals surface area contributed by atoms with Gasteiger partial charge in [-0.1, -0.05) is 12.1 Å². The molecule has 0 aliphatic heterocycles. The van der Waals surface area contributed by atoms with Crippen molar-refractivity contribution in [1.29, 1.82) is 0 Å². The van der Waals surface area contributed by atoms with Crippen LogP contribution in [-0.2, 0) is 4.79 Å². The van der Waals surface area contributed by atoms with Gasteiger partial charge in [-0.05, 0) is 30.4 Å². The lowest BCUT2D eigenvalue weighted by Crippen LogP contribution is -2.27. The van der Waals surface area contributed by atoms with Gasteiger partial charge in [0.05, 0.1) is 6.10 Å². The van der Waals surface area contributed by atoms with Crippen molar-refractivity contribution in [2.24, 2.45) is 0 Å². The van der Waals surface area contributed by atoms with Crippen LogP contribution in [0.5, 0.6) is 0 Å². The molecule has 0 aliphatic carbocycles. The zero-order valence-corrected chi connectivity index (χ0v) is 11.4. The number of carbonyl (C=O) groups excluding carboxylic acids is 1. The van der Waals surface area contributed by atoms with Crippen LogP contribution in [0.3, 0.4) is 0 Å². The smallest absolute Gasteiger partial charge is 0.216 e. The number of nitrogens with one attached hydrogen (secondary N) is 1. The summed E-state index contributed by atoms with van der Waals surface area (Å²) in [6.45, 7) is 1.78. The molecule has 0 fully saturated rings. The molecule has 0 spiro atoms. The van der Waals surface area contributed by atoms with Gasteiger partial charge in [0.2, 0.25) is 5.91 Å². The van der Waals surface area contributed by atoms with E-state index >= 15 is 0 Å². The van der Waals surface area contributed by atoms with Crippen molar-refractivity contribution in [3.05, 3.63) is 29.8 Å². The molecule has 0 heterocycles. The molecule has 2 atom stereocenters. The lowest BCUT2D eigenvalue weighted by molar-refractivity contribution is -0.119. The SMILES string of the molecule is CSc1cccc(C(O)C(O)CCNC(C)=O)c1. The summed E-state index contributed by atoms with van der Waals surface area (Å²) in [5, 5.41) is 22.4. The number of rotatable bonds is 6. The van der Waals surface area contributed by atoms with Crippen LogP contribution in [0, 0.1) is 0 Å². The Labute approximate surface area is 111 Å². The van der Waals surface area contributed by atoms with E-state index in [1.165, 1.54) is 6.92 Å². The summed E-state index contributed by atoms with van der Waals surface area (Å²) in [5.41, 5.74) is 0.692. The van der Waals surface area contributed by atoms with Crippen LogP contribution in [0.4, 0.5) is 0 Å². The predicted molar refractivity (Wildman–Crippen MR) is 72.5 cm³/mol. The molecule has 1 amide bonds. The molecule has 0 saturated heterocycles. The van der Waals surface area contributed by atoms with E-state index in [4.69, 9.17) is 0 Å². The molecule has 0 radical (unpaired) electrons. The highest BCUT2D eigenvalue weighted by Crippen LogP contribution is 2.23. The Balaban J connectivity index is 2.56. The third-order valence-electron chi connectivity index (χ3n) is 2.61. The maximum Gasteiger partial charge on any atom is 0.216 e. The first kappa shape index (κ1) is 15.0. The molecule has 1 aromatic carbocycles. The number of amides is 1. The van der Waals surface area contributed by atoms with Crippen LogP contribution in [0.25, 0.3) is 0 Å². The molecule has 0 bridgehead atoms. The first-order chi connectivity index (χ1) is 8.54. The van der Waals surface area contributed by atoms with Gasteiger partial charge in [0.25, 0.3) is 0 Å². The Morgan fingerprint density at radius 3 is 2.78 bits per heavy atom. The standard InChI is InChI=1S/C13H19NO3S/c1-9(15)14-7-6-12(16)13(17)10-4-3-5-11(8-10)18-2/h3-5,8,12-13,16-17H,6-7H2,1-2H3,(H,14,15). The Morgan fingerprint density at radius 1 is 1.44 bits per heavy atom. The summed E-state index contributed by atoms with van der Waals surface area (Å²) in [6.07, 6.45) is 0.475. The van der Waals surface area contributed by atoms with Crippen molar-refractivity contribution < 1.29 is 15.0 Å². The minimum absolute atomic E-state index is 0.138. The number of aliphatic hydroxyl groups is 2. The second-order valence-corrected chi connectivity index (χ2v) is 4.94. The molecule has 18 heavy (non-hydrogen) atoms. The van der Waals surface area contributed by atoms with Gasteiger partial charge in [-0.25, -0.2) is 0 Å². The minimum Gasteiger partial charge on any atom is -0.390 e. The van der Waals surface area contributed by atoms with Gasteiger partial charge in [0.1, 0.15) is 6.10 Å². The number of benzene rings is 1. The van der Waals surface area contributed by atoms with Crippen LogP contribution in [-0.4, -0.2) is 35.0 Å². The van der Waals surface area contributed by atoms with E-state index in [1.54, 1.807) is 17.8 Å². The van der Waals surface area contributed by atoms with Gasteiger partial charge in [-0.15, -0.1) is 11.8 Å². The van der Waals surface area contributed by atoms with E-state index < -0.39 is 12.2 Å². The third-order valence-corrected chi connectivity index (χ3v) is 3.34. The second kappa shape index (κ2) is 7.41. The van der Waals surface area contributed by atoms with Crippen molar-refractivity contribution in [3.63, 3.8) is 0 Å². The maximum atomic E-state index is 10.7. The van der Waals surface area contributed by atoms with Crippen LogP contribution in [0.1, 0.15) is 25.0 Å². The second-order valence-electron chi connectivity index (χ2n) is 4.06. The van der Waals surface area contributed by atoms with Gasteiger partial charge in [-0.2, -0.15) is 0 Å². The molecule has 0 aliphatic rings. The molecule has 3 N–H and O–H groups in total. The average molecular weight is 269 g/mol. The minimum atomic E-state index is -0.925. The molecular weight excluding hydrogens is 250 g/mol. The zero-order valence-electron chi connectivity index (χ0n) is 10.6. The van der Waals surface area contributed by atoms with Gasteiger partial charge >= 0.3 is 0 Å². The monoisotopic (exact) mass is 269 g/mol. The Morgan fingerprint density at radius 2 is 2.17 bits per heavy atom. The number of hydrogen-bond acceptors (Lipinski definition) is 4. The molecule has 100 valence electrons. The highest BCUT2D eigenvalue weighted by atomic mass is 32.2. The highest BCUT2D eigenvalue weighted by Gasteiger charge is 2.18. The quantitative estimate of drug-likeness (QED) is 0.681. The fourth-order valence-electron chi connectivity index (χ4n) is 1.60. The first-order valence-corrected chi connectivity index (χ1v) is 7.01. The van der Waals surface area contributed by atoms with E-state index in [9.17, 15) is 15.0 Å². The zero-order chi connectivity index (χ0) is 13.5. The number of thioether (sulfide) groups is 1. The van der Waals surface area contributed by atoms with Crippen LogP contribution in [0.2, 0.25) is 0 Å². The van der Waals surface area contributed by atoms with Crippen molar-refractivity contribution in [2.45, 2.75) is 30.4 Å². The Kier molecular flexibility index (Phi) is 6.18. The summed E-state index contributed by atoms with van der Waals surface area (Å²) in [6, 6.07) is 7.44. The van der Waals surface area contributed by atoms with E-state index in [0.717, 1.165) is 4.90 Å². The molecule has 0 aromatic heterocycles. The largest absolute Gasteiger partial charge is 0.390 e. The van der Waals surface area contributed by atoms with Crippen molar-refractivity contribution in [3.8, 4) is 0 Å². The number of hydrogen-bond donors (Lipinski definition) is 3. The van der Waals surface area contributed by atoms with E-state index in [1.807, 2.05) is 24.5 Å². The van der Waals surface area contributed by atoms with E-state index in [0.29, 0.717) is 18.5 Å². The van der Waals surface area contributed by atoms with Crippen LogP contribution in [0.15, 0.2) is 29.2 Å². The van der Waals surface area contributed by atoms with Crippen molar-refractivity contribution in [1.82, 2.24) is 5.32 Å². The van der Waals surface area contributed by atoms with E-state index in [2.05, 4.69) is 5.32 Å². The fourth-order valence-corrected chi connectivity index (χ4v) is 2.07. The predicted octanol–water partition coefficient (Wildman–Crippen LogP) is 1.33. The number of carbonyl (C=O) groups is 1. The lowest BCUT2D eigenvalue weighted by atomic mass is 10.0. The molecule has 1 rings (SSSR count). The number of aliphatic hydroxyl groups excluding tert-OH is 2. The molecular formula is C13H19NO3S. The summed E-state index contributed by atoms with van der Waals surface area (Å²) in [7, 11) is 0. The highest BCUT2D eigenvalue weighted by molar-refractivity contribution is 7.98. The van der Waals surface area contributed by atoms with Crippen molar-refractivity contribution in [2.75, 3.05) is 12.8 Å². The summed E-state index contributed by atoms with van der Waals surface area (Å²) in [4.78, 5) is 11.7. The van der Waals surface area contributed by atoms with E-state index in [-0.39, 0.29) is 5.91 Å². The van der Waals surface area contributed by atoms with Gasteiger partial charge in [0.15, 0.2) is 0 Å². The third kappa shape index (κ3) is 4.68. The fraction of sp³-hybridized carbons (Fsp3) is 0.462. The van der Waals surface area contributed by atoms with Crippen LogP contribution >= 0.6 is 11.8 Å². The summed E-state index contributed by atoms with van der Waals surface area (Å²) < 4.78 is 0.